The molecule has 1 aliphatic heterocycles. The minimum Gasteiger partial charge on any atom is -0.309 e. The zero-order valence-electron chi connectivity index (χ0n) is 13.1. The van der Waals surface area contributed by atoms with Crippen molar-refractivity contribution in [1.29, 1.82) is 0 Å². The van der Waals surface area contributed by atoms with Crippen molar-refractivity contribution in [3.05, 3.63) is 0 Å². The highest BCUT2D eigenvalue weighted by Crippen LogP contribution is 2.31. The first-order chi connectivity index (χ1) is 9.12. The van der Waals surface area contributed by atoms with E-state index >= 15 is 0 Å². The first kappa shape index (κ1) is 15.7. The molecule has 0 aromatic heterocycles. The molecular weight excluding hydrogens is 252 g/mol. The van der Waals surface area contributed by atoms with Gasteiger partial charge in [0.05, 0.1) is 0 Å². The SMILES string of the molecule is CCSCCN1CC(C)(C)NCC1C1CCCCC1. The largest absolute Gasteiger partial charge is 0.309 e. The smallest absolute Gasteiger partial charge is 0.0252 e. The minimum atomic E-state index is 0.294. The second-order valence-electron chi connectivity index (χ2n) is 6.90. The predicted molar refractivity (Wildman–Crippen MR) is 87.0 cm³/mol. The molecule has 1 saturated carbocycles. The van der Waals surface area contributed by atoms with Crippen molar-refractivity contribution in [1.82, 2.24) is 10.2 Å². The van der Waals surface area contributed by atoms with Gasteiger partial charge < -0.3 is 5.32 Å². The van der Waals surface area contributed by atoms with Gasteiger partial charge in [-0.15, -0.1) is 0 Å². The number of rotatable bonds is 5. The fourth-order valence-corrected chi connectivity index (χ4v) is 4.40. The first-order valence-corrected chi connectivity index (χ1v) is 9.34. The lowest BCUT2D eigenvalue weighted by Gasteiger charge is -2.48. The van der Waals surface area contributed by atoms with Crippen molar-refractivity contribution in [2.45, 2.75) is 64.5 Å². The summed E-state index contributed by atoms with van der Waals surface area (Å²) in [6, 6.07) is 0.797. The minimum absolute atomic E-state index is 0.294. The molecule has 1 N–H and O–H groups in total. The zero-order valence-corrected chi connectivity index (χ0v) is 13.9. The van der Waals surface area contributed by atoms with E-state index in [2.05, 4.69) is 42.7 Å². The molecule has 3 heteroatoms. The van der Waals surface area contributed by atoms with Crippen LogP contribution in [0.25, 0.3) is 0 Å². The Morgan fingerprint density at radius 3 is 2.63 bits per heavy atom. The van der Waals surface area contributed by atoms with E-state index in [1.165, 1.54) is 63.2 Å². The second kappa shape index (κ2) is 7.33. The topological polar surface area (TPSA) is 15.3 Å². The average Bonchev–Trinajstić information content (AvgIpc) is 2.39. The van der Waals surface area contributed by atoms with E-state index in [1.54, 1.807) is 0 Å². The van der Waals surface area contributed by atoms with Gasteiger partial charge in [0.15, 0.2) is 0 Å². The number of piperazine rings is 1. The molecule has 1 unspecified atom stereocenters. The number of nitrogens with one attached hydrogen (secondary N) is 1. The summed E-state index contributed by atoms with van der Waals surface area (Å²) in [7, 11) is 0. The number of thioether (sulfide) groups is 1. The van der Waals surface area contributed by atoms with E-state index in [-0.39, 0.29) is 0 Å². The van der Waals surface area contributed by atoms with Gasteiger partial charge >= 0.3 is 0 Å². The van der Waals surface area contributed by atoms with Crippen LogP contribution in [0, 0.1) is 5.92 Å². The molecule has 1 atom stereocenters. The molecule has 1 saturated heterocycles. The van der Waals surface area contributed by atoms with Crippen LogP contribution in [0.15, 0.2) is 0 Å². The molecule has 1 heterocycles. The van der Waals surface area contributed by atoms with Crippen LogP contribution in [0.3, 0.4) is 0 Å². The maximum atomic E-state index is 3.78. The molecule has 112 valence electrons. The maximum Gasteiger partial charge on any atom is 0.0252 e. The fraction of sp³-hybridized carbons (Fsp3) is 1.00. The summed E-state index contributed by atoms with van der Waals surface area (Å²) in [4.78, 5) is 2.80. The molecule has 0 spiro atoms. The normalized spacial score (nSPS) is 29.5. The summed E-state index contributed by atoms with van der Waals surface area (Å²) in [5.74, 6) is 3.50. The summed E-state index contributed by atoms with van der Waals surface area (Å²) in [6.07, 6.45) is 7.31. The Bertz CT molecular complexity index is 261. The van der Waals surface area contributed by atoms with Crippen LogP contribution in [-0.2, 0) is 0 Å². The highest BCUT2D eigenvalue weighted by molar-refractivity contribution is 7.99. The summed E-state index contributed by atoms with van der Waals surface area (Å²) < 4.78 is 0. The molecule has 0 aromatic carbocycles. The molecule has 0 bridgehead atoms. The Kier molecular flexibility index (Phi) is 6.04. The summed E-state index contributed by atoms with van der Waals surface area (Å²) in [6.45, 7) is 10.7. The summed E-state index contributed by atoms with van der Waals surface area (Å²) in [5.41, 5.74) is 0.294. The molecule has 1 aliphatic carbocycles. The van der Waals surface area contributed by atoms with Gasteiger partial charge in [0, 0.05) is 37.0 Å². The fourth-order valence-electron chi connectivity index (χ4n) is 3.75. The zero-order chi connectivity index (χ0) is 13.7. The van der Waals surface area contributed by atoms with Crippen LogP contribution in [0.1, 0.15) is 52.9 Å². The van der Waals surface area contributed by atoms with Gasteiger partial charge in [0.2, 0.25) is 0 Å². The third-order valence-corrected chi connectivity index (χ3v) is 5.66. The highest BCUT2D eigenvalue weighted by atomic mass is 32.2. The van der Waals surface area contributed by atoms with Crippen LogP contribution in [0.2, 0.25) is 0 Å². The van der Waals surface area contributed by atoms with Crippen molar-refractivity contribution in [3.8, 4) is 0 Å². The predicted octanol–water partition coefficient (Wildman–Crippen LogP) is 3.37. The van der Waals surface area contributed by atoms with E-state index < -0.39 is 0 Å². The van der Waals surface area contributed by atoms with Gasteiger partial charge in [-0.2, -0.15) is 11.8 Å². The van der Waals surface area contributed by atoms with E-state index in [0.717, 1.165) is 12.0 Å². The molecule has 0 aromatic rings. The van der Waals surface area contributed by atoms with Crippen LogP contribution in [0.5, 0.6) is 0 Å². The molecule has 2 rings (SSSR count). The van der Waals surface area contributed by atoms with Gasteiger partial charge in [0.1, 0.15) is 0 Å². The summed E-state index contributed by atoms with van der Waals surface area (Å²) >= 11 is 2.09. The van der Waals surface area contributed by atoms with Crippen molar-refractivity contribution < 1.29 is 0 Å². The van der Waals surface area contributed by atoms with Gasteiger partial charge in [-0.25, -0.2) is 0 Å². The molecule has 2 nitrogen and oxygen atoms in total. The van der Waals surface area contributed by atoms with Crippen molar-refractivity contribution >= 4 is 11.8 Å². The van der Waals surface area contributed by atoms with E-state index in [1.807, 2.05) is 0 Å². The lowest BCUT2D eigenvalue weighted by Crippen LogP contribution is -2.63. The Morgan fingerprint density at radius 1 is 1.21 bits per heavy atom. The van der Waals surface area contributed by atoms with Crippen molar-refractivity contribution in [3.63, 3.8) is 0 Å². The van der Waals surface area contributed by atoms with Crippen molar-refractivity contribution in [2.75, 3.05) is 31.1 Å². The van der Waals surface area contributed by atoms with Crippen LogP contribution in [0.4, 0.5) is 0 Å². The van der Waals surface area contributed by atoms with Crippen LogP contribution in [-0.4, -0.2) is 47.6 Å². The van der Waals surface area contributed by atoms with E-state index in [4.69, 9.17) is 0 Å². The standard InChI is InChI=1S/C16H32N2S/c1-4-19-11-10-18-13-16(2,3)17-12-15(18)14-8-6-5-7-9-14/h14-15,17H,4-13H2,1-3H3. The Labute approximate surface area is 124 Å². The molecule has 0 radical (unpaired) electrons. The monoisotopic (exact) mass is 284 g/mol. The maximum absolute atomic E-state index is 3.78. The summed E-state index contributed by atoms with van der Waals surface area (Å²) in [5, 5.41) is 3.78. The van der Waals surface area contributed by atoms with Gasteiger partial charge in [-0.3, -0.25) is 4.90 Å². The number of nitrogens with zero attached hydrogens (tertiary/aromatic N) is 1. The van der Waals surface area contributed by atoms with Crippen LogP contribution < -0.4 is 5.32 Å². The highest BCUT2D eigenvalue weighted by Gasteiger charge is 2.36. The van der Waals surface area contributed by atoms with Crippen LogP contribution >= 0.6 is 11.8 Å². The van der Waals surface area contributed by atoms with Crippen molar-refractivity contribution in [2.24, 2.45) is 5.92 Å². The lowest BCUT2D eigenvalue weighted by atomic mass is 9.81. The Hall–Kier alpha value is 0.270. The second-order valence-corrected chi connectivity index (χ2v) is 8.29. The van der Waals surface area contributed by atoms with Gasteiger partial charge in [-0.05, 0) is 38.4 Å². The Morgan fingerprint density at radius 2 is 1.95 bits per heavy atom. The molecule has 2 aliphatic rings. The number of hydrogen-bond donors (Lipinski definition) is 1. The first-order valence-electron chi connectivity index (χ1n) is 8.19. The quantitative estimate of drug-likeness (QED) is 0.779. The van der Waals surface area contributed by atoms with E-state index in [0.29, 0.717) is 5.54 Å². The lowest BCUT2D eigenvalue weighted by molar-refractivity contribution is 0.0533. The third kappa shape index (κ3) is 4.64. The third-order valence-electron chi connectivity index (χ3n) is 4.78. The van der Waals surface area contributed by atoms with E-state index in [9.17, 15) is 0 Å². The average molecular weight is 285 g/mol. The molecule has 19 heavy (non-hydrogen) atoms. The number of hydrogen-bond acceptors (Lipinski definition) is 3. The molecule has 2 fully saturated rings. The molecule has 0 amide bonds. The van der Waals surface area contributed by atoms with Gasteiger partial charge in [-0.1, -0.05) is 26.2 Å². The van der Waals surface area contributed by atoms with Gasteiger partial charge in [0.25, 0.3) is 0 Å². The Balaban J connectivity index is 1.93. The molecular formula is C16H32N2S.